The molecule has 11 atom stereocenters. The van der Waals surface area contributed by atoms with Crippen LogP contribution in [0.15, 0.2) is 0 Å². The number of aliphatic carboxylic acids is 1. The summed E-state index contributed by atoms with van der Waals surface area (Å²) in [6, 6.07) is 0. The van der Waals surface area contributed by atoms with Crippen LogP contribution in [0.5, 0.6) is 0 Å². The van der Waals surface area contributed by atoms with Crippen LogP contribution in [-0.4, -0.2) is 52.1 Å². The van der Waals surface area contributed by atoms with Crippen LogP contribution in [0, 0.1) is 46.3 Å². The fraction of sp³-hybridized carbons (Fsp3) is 0.923. The van der Waals surface area contributed by atoms with Gasteiger partial charge in [0.25, 0.3) is 0 Å². The zero-order chi connectivity index (χ0) is 24.1. The lowest BCUT2D eigenvalue weighted by Crippen LogP contribution is -2.62. The molecule has 188 valence electrons. The summed E-state index contributed by atoms with van der Waals surface area (Å²) in [6.45, 7) is 6.21. The molecule has 0 bridgehead atoms. The molecule has 4 unspecified atom stereocenters. The molecular formula is C26H42NO6-. The Morgan fingerprint density at radius 1 is 1.06 bits per heavy atom. The van der Waals surface area contributed by atoms with E-state index in [0.717, 1.165) is 38.5 Å². The number of amides is 1. The molecule has 7 heteroatoms. The molecule has 0 aromatic rings. The molecule has 4 N–H and O–H groups in total. The van der Waals surface area contributed by atoms with Crippen LogP contribution in [0.4, 0.5) is 0 Å². The van der Waals surface area contributed by atoms with Gasteiger partial charge in [-0.2, -0.15) is 0 Å². The van der Waals surface area contributed by atoms with Gasteiger partial charge >= 0.3 is 0 Å². The zero-order valence-electron chi connectivity index (χ0n) is 20.3. The molecule has 1 amide bonds. The number of carboxylic acid groups (broad SMARTS) is 1. The standard InChI is InChI=1S/C26H43NO6/c1-14(4-7-22(31)27-13-23(32)33)17-5-6-18-24-19(12-21(30)26(17,18)3)25(2)9-8-16(28)10-15(25)11-20(24)29/h14-21,24,28-30H,4-13H2,1-3H3,(H,27,31)(H,32,33)/p-1/t14-,15?,16?,17-,18+,19+,20?,21?,24+,25+,26-/m1/s1. The van der Waals surface area contributed by atoms with Gasteiger partial charge in [0.1, 0.15) is 0 Å². The highest BCUT2D eigenvalue weighted by Crippen LogP contribution is 2.68. The van der Waals surface area contributed by atoms with Crippen LogP contribution in [0.1, 0.15) is 78.6 Å². The van der Waals surface area contributed by atoms with E-state index in [1.807, 2.05) is 0 Å². The van der Waals surface area contributed by atoms with Crippen LogP contribution in [0.25, 0.3) is 0 Å². The number of hydrogen-bond donors (Lipinski definition) is 4. The van der Waals surface area contributed by atoms with Gasteiger partial charge in [-0.15, -0.1) is 0 Å². The number of nitrogens with one attached hydrogen (secondary N) is 1. The lowest BCUT2D eigenvalue weighted by molar-refractivity contribution is -0.304. The van der Waals surface area contributed by atoms with E-state index in [9.17, 15) is 30.0 Å². The molecule has 0 aromatic carbocycles. The monoisotopic (exact) mass is 464 g/mol. The summed E-state index contributed by atoms with van der Waals surface area (Å²) in [5.74, 6) is -0.0789. The number of carboxylic acids is 1. The van der Waals surface area contributed by atoms with Crippen molar-refractivity contribution in [2.75, 3.05) is 6.54 Å². The van der Waals surface area contributed by atoms with Crippen LogP contribution in [0.2, 0.25) is 0 Å². The third-order valence-corrected chi connectivity index (χ3v) is 10.8. The maximum absolute atomic E-state index is 12.0. The first-order chi connectivity index (χ1) is 15.5. The number of aliphatic hydroxyl groups is 3. The Kier molecular flexibility index (Phi) is 6.89. The van der Waals surface area contributed by atoms with Crippen molar-refractivity contribution < 1.29 is 30.0 Å². The molecule has 0 aliphatic heterocycles. The molecule has 0 aromatic heterocycles. The fourth-order valence-corrected chi connectivity index (χ4v) is 8.95. The van der Waals surface area contributed by atoms with Gasteiger partial charge in [0.15, 0.2) is 0 Å². The molecule has 0 saturated heterocycles. The third kappa shape index (κ3) is 4.23. The Hall–Kier alpha value is -1.18. The average Bonchev–Trinajstić information content (AvgIpc) is 3.11. The maximum Gasteiger partial charge on any atom is 0.220 e. The van der Waals surface area contributed by atoms with Crippen molar-refractivity contribution in [2.24, 2.45) is 46.3 Å². The highest BCUT2D eigenvalue weighted by atomic mass is 16.4. The van der Waals surface area contributed by atoms with Gasteiger partial charge in [0.2, 0.25) is 5.91 Å². The van der Waals surface area contributed by atoms with Crippen LogP contribution in [0.3, 0.4) is 0 Å². The summed E-state index contributed by atoms with van der Waals surface area (Å²) < 4.78 is 0. The van der Waals surface area contributed by atoms with E-state index in [-0.39, 0.29) is 65.0 Å². The molecule has 4 aliphatic rings. The molecular weight excluding hydrogens is 422 g/mol. The van der Waals surface area contributed by atoms with E-state index < -0.39 is 18.6 Å². The van der Waals surface area contributed by atoms with Gasteiger partial charge in [-0.05, 0) is 97.7 Å². The normalized spacial score (nSPS) is 47.7. The van der Waals surface area contributed by atoms with E-state index in [1.165, 1.54) is 0 Å². The molecule has 7 nitrogen and oxygen atoms in total. The van der Waals surface area contributed by atoms with Crippen molar-refractivity contribution in [3.63, 3.8) is 0 Å². The van der Waals surface area contributed by atoms with Gasteiger partial charge in [0, 0.05) is 6.42 Å². The summed E-state index contributed by atoms with van der Waals surface area (Å²) in [6.07, 6.45) is 5.75. The maximum atomic E-state index is 12.0. The topological polar surface area (TPSA) is 130 Å². The number of rotatable bonds is 6. The van der Waals surface area contributed by atoms with E-state index in [4.69, 9.17) is 0 Å². The number of carbonyl (C=O) groups is 2. The van der Waals surface area contributed by atoms with Crippen molar-refractivity contribution in [1.82, 2.24) is 5.32 Å². The number of hydrogen-bond acceptors (Lipinski definition) is 6. The SMILES string of the molecule is C[C@H](CCC(=O)NCC(=O)[O-])[C@H]1CC[C@H]2[C@@H]3C(O)CC4CC(O)CC[C@]4(C)[C@H]3CC(O)[C@]12C. The average molecular weight is 465 g/mol. The van der Waals surface area contributed by atoms with E-state index in [0.29, 0.717) is 18.8 Å². The minimum Gasteiger partial charge on any atom is -0.548 e. The Labute approximate surface area is 197 Å². The molecule has 4 fully saturated rings. The Morgan fingerprint density at radius 3 is 2.48 bits per heavy atom. The highest BCUT2D eigenvalue weighted by molar-refractivity contribution is 5.80. The first kappa shape index (κ1) is 24.9. The Morgan fingerprint density at radius 2 is 1.79 bits per heavy atom. The minimum atomic E-state index is -1.29. The molecule has 4 rings (SSSR count). The zero-order valence-corrected chi connectivity index (χ0v) is 20.3. The summed E-state index contributed by atoms with van der Waals surface area (Å²) in [5.41, 5.74) is -0.230. The summed E-state index contributed by atoms with van der Waals surface area (Å²) in [4.78, 5) is 22.6. The molecule has 4 aliphatic carbocycles. The van der Waals surface area contributed by atoms with Gasteiger partial charge in [-0.25, -0.2) is 0 Å². The summed E-state index contributed by atoms with van der Waals surface area (Å²) in [5, 5.41) is 46.1. The molecule has 0 spiro atoms. The third-order valence-electron chi connectivity index (χ3n) is 10.8. The van der Waals surface area contributed by atoms with Crippen LogP contribution < -0.4 is 10.4 Å². The number of aliphatic hydroxyl groups excluding tert-OH is 3. The van der Waals surface area contributed by atoms with Crippen LogP contribution in [-0.2, 0) is 9.59 Å². The van der Waals surface area contributed by atoms with E-state index in [2.05, 4.69) is 26.1 Å². The van der Waals surface area contributed by atoms with Gasteiger partial charge in [-0.1, -0.05) is 20.8 Å². The van der Waals surface area contributed by atoms with Gasteiger partial charge < -0.3 is 30.5 Å². The molecule has 0 radical (unpaired) electrons. The van der Waals surface area contributed by atoms with E-state index in [1.54, 1.807) is 0 Å². The Bertz CT molecular complexity index is 759. The largest absolute Gasteiger partial charge is 0.548 e. The highest BCUT2D eigenvalue weighted by Gasteiger charge is 2.65. The van der Waals surface area contributed by atoms with Crippen LogP contribution >= 0.6 is 0 Å². The predicted octanol–water partition coefficient (Wildman–Crippen LogP) is 1.23. The lowest BCUT2D eigenvalue weighted by atomic mass is 9.43. The van der Waals surface area contributed by atoms with Crippen molar-refractivity contribution in [3.05, 3.63) is 0 Å². The molecule has 0 heterocycles. The second-order valence-electron chi connectivity index (χ2n) is 12.2. The minimum absolute atomic E-state index is 0.0617. The van der Waals surface area contributed by atoms with Crippen molar-refractivity contribution in [1.29, 1.82) is 0 Å². The van der Waals surface area contributed by atoms with E-state index >= 15 is 0 Å². The van der Waals surface area contributed by atoms with Gasteiger partial charge in [0.05, 0.1) is 30.8 Å². The fourth-order valence-electron chi connectivity index (χ4n) is 8.95. The number of fused-ring (bicyclic) bond motifs is 5. The molecule has 4 saturated carbocycles. The second-order valence-corrected chi connectivity index (χ2v) is 12.2. The van der Waals surface area contributed by atoms with Crippen molar-refractivity contribution >= 4 is 11.9 Å². The first-order valence-corrected chi connectivity index (χ1v) is 13.0. The van der Waals surface area contributed by atoms with Crippen molar-refractivity contribution in [3.8, 4) is 0 Å². The lowest BCUT2D eigenvalue weighted by Gasteiger charge is -2.63. The Balaban J connectivity index is 1.49. The predicted molar refractivity (Wildman–Crippen MR) is 120 cm³/mol. The smallest absolute Gasteiger partial charge is 0.220 e. The second kappa shape index (κ2) is 9.12. The summed E-state index contributed by atoms with van der Waals surface area (Å²) >= 11 is 0. The number of carbonyl (C=O) groups excluding carboxylic acids is 2. The summed E-state index contributed by atoms with van der Waals surface area (Å²) in [7, 11) is 0. The quantitative estimate of drug-likeness (QED) is 0.468. The molecule has 33 heavy (non-hydrogen) atoms. The first-order valence-electron chi connectivity index (χ1n) is 13.0. The van der Waals surface area contributed by atoms with Gasteiger partial charge in [-0.3, -0.25) is 4.79 Å². The van der Waals surface area contributed by atoms with Crippen molar-refractivity contribution in [2.45, 2.75) is 96.9 Å².